The number of aromatic nitrogens is 1. The van der Waals surface area contributed by atoms with Crippen LogP contribution in [-0.2, 0) is 16.0 Å². The van der Waals surface area contributed by atoms with Crippen molar-refractivity contribution in [3.63, 3.8) is 0 Å². The highest BCUT2D eigenvalue weighted by atomic mass is 16.5. The summed E-state index contributed by atoms with van der Waals surface area (Å²) in [5, 5.41) is 1.14. The zero-order chi connectivity index (χ0) is 15.8. The average Bonchev–Trinajstić information content (AvgIpc) is 3.16. The molecule has 0 saturated heterocycles. The van der Waals surface area contributed by atoms with Gasteiger partial charge in [-0.2, -0.15) is 0 Å². The minimum absolute atomic E-state index is 0.238. The number of carbonyl (C=O) groups excluding carboxylic acids is 1. The molecular weight excluding hydrogens is 286 g/mol. The maximum atomic E-state index is 12.6. The lowest BCUT2D eigenvalue weighted by atomic mass is 10.00. The van der Waals surface area contributed by atoms with E-state index in [0.717, 1.165) is 34.0 Å². The Bertz CT molecular complexity index is 933. The first kappa shape index (κ1) is 13.8. The van der Waals surface area contributed by atoms with Gasteiger partial charge >= 0.3 is 5.97 Å². The van der Waals surface area contributed by atoms with E-state index in [4.69, 9.17) is 4.74 Å². The first-order chi connectivity index (χ1) is 11.3. The zero-order valence-electron chi connectivity index (χ0n) is 12.9. The summed E-state index contributed by atoms with van der Waals surface area (Å²) in [6, 6.07) is 16.2. The van der Waals surface area contributed by atoms with E-state index in [-0.39, 0.29) is 5.97 Å². The monoisotopic (exact) mass is 303 g/mol. The second-order valence-corrected chi connectivity index (χ2v) is 5.66. The Labute approximate surface area is 134 Å². The fraction of sp³-hybridized carbons (Fsp3) is 0.150. The van der Waals surface area contributed by atoms with E-state index < -0.39 is 0 Å². The maximum Gasteiger partial charge on any atom is 0.339 e. The Hall–Kier alpha value is -2.81. The molecule has 1 aliphatic rings. The molecular formula is C20H17NO2. The van der Waals surface area contributed by atoms with Gasteiger partial charge in [-0.3, -0.25) is 0 Å². The Balaban J connectivity index is 1.94. The Kier molecular flexibility index (Phi) is 3.27. The van der Waals surface area contributed by atoms with Crippen LogP contribution in [0.4, 0.5) is 0 Å². The van der Waals surface area contributed by atoms with Crippen LogP contribution in [0.5, 0.6) is 0 Å². The fourth-order valence-electron chi connectivity index (χ4n) is 3.35. The first-order valence-electron chi connectivity index (χ1n) is 7.84. The number of H-pyrrole nitrogens is 1. The maximum absolute atomic E-state index is 12.6. The average molecular weight is 303 g/mol. The fourth-order valence-corrected chi connectivity index (χ4v) is 3.35. The topological polar surface area (TPSA) is 42.1 Å². The van der Waals surface area contributed by atoms with Crippen molar-refractivity contribution in [2.75, 3.05) is 6.61 Å². The molecule has 3 nitrogen and oxygen atoms in total. The molecule has 3 aromatic rings. The normalized spacial score (nSPS) is 13.4. The molecule has 0 bridgehead atoms. The number of esters is 1. The van der Waals surface area contributed by atoms with Gasteiger partial charge in [0.1, 0.15) is 0 Å². The molecule has 1 aromatic heterocycles. The van der Waals surface area contributed by atoms with Gasteiger partial charge in [-0.05, 0) is 36.1 Å². The molecule has 114 valence electrons. The van der Waals surface area contributed by atoms with Crippen LogP contribution < -0.4 is 0 Å². The minimum Gasteiger partial charge on any atom is -0.462 e. The van der Waals surface area contributed by atoms with Crippen molar-refractivity contribution in [1.29, 1.82) is 0 Å². The van der Waals surface area contributed by atoms with Crippen molar-refractivity contribution >= 4 is 28.0 Å². The van der Waals surface area contributed by atoms with E-state index in [0.29, 0.717) is 12.2 Å². The molecule has 0 spiro atoms. The summed E-state index contributed by atoms with van der Waals surface area (Å²) >= 11 is 0. The summed E-state index contributed by atoms with van der Waals surface area (Å²) in [6.45, 7) is 2.22. The summed E-state index contributed by atoms with van der Waals surface area (Å²) < 4.78 is 5.32. The number of benzene rings is 2. The largest absolute Gasteiger partial charge is 0.462 e. The number of ether oxygens (including phenoxy) is 1. The zero-order valence-corrected chi connectivity index (χ0v) is 12.9. The summed E-state index contributed by atoms with van der Waals surface area (Å²) in [6.07, 6.45) is 2.75. The molecule has 23 heavy (non-hydrogen) atoms. The van der Waals surface area contributed by atoms with Crippen molar-refractivity contribution in [2.45, 2.75) is 13.3 Å². The van der Waals surface area contributed by atoms with Crippen molar-refractivity contribution in [2.24, 2.45) is 0 Å². The number of carbonyl (C=O) groups is 1. The summed E-state index contributed by atoms with van der Waals surface area (Å²) in [4.78, 5) is 15.9. The highest BCUT2D eigenvalue weighted by Crippen LogP contribution is 2.41. The van der Waals surface area contributed by atoms with E-state index in [1.54, 1.807) is 0 Å². The van der Waals surface area contributed by atoms with Crippen LogP contribution in [0.15, 0.2) is 54.7 Å². The van der Waals surface area contributed by atoms with Gasteiger partial charge in [-0.25, -0.2) is 4.79 Å². The van der Waals surface area contributed by atoms with Crippen LogP contribution in [0.25, 0.3) is 22.0 Å². The SMILES string of the molecule is CCOC(=O)C1=C(c2c[nH]c3ccccc23)Cc2ccccc21. The molecule has 0 amide bonds. The number of rotatable bonds is 3. The number of hydrogen-bond donors (Lipinski definition) is 1. The lowest BCUT2D eigenvalue weighted by Crippen LogP contribution is -2.07. The molecule has 1 N–H and O–H groups in total. The Morgan fingerprint density at radius 2 is 1.87 bits per heavy atom. The third-order valence-electron chi connectivity index (χ3n) is 4.35. The van der Waals surface area contributed by atoms with Gasteiger partial charge in [0.05, 0.1) is 12.2 Å². The third-order valence-corrected chi connectivity index (χ3v) is 4.35. The van der Waals surface area contributed by atoms with Crippen LogP contribution in [0, 0.1) is 0 Å². The summed E-state index contributed by atoms with van der Waals surface area (Å²) in [7, 11) is 0. The second kappa shape index (κ2) is 5.43. The quantitative estimate of drug-likeness (QED) is 0.737. The van der Waals surface area contributed by atoms with Crippen LogP contribution >= 0.6 is 0 Å². The predicted octanol–water partition coefficient (Wildman–Crippen LogP) is 4.20. The molecule has 0 radical (unpaired) electrons. The molecule has 0 fully saturated rings. The highest BCUT2D eigenvalue weighted by Gasteiger charge is 2.29. The molecule has 0 aliphatic heterocycles. The number of fused-ring (bicyclic) bond motifs is 2. The third kappa shape index (κ3) is 2.16. The van der Waals surface area contributed by atoms with E-state index in [9.17, 15) is 4.79 Å². The van der Waals surface area contributed by atoms with Crippen molar-refractivity contribution < 1.29 is 9.53 Å². The molecule has 4 rings (SSSR count). The van der Waals surface area contributed by atoms with Gasteiger partial charge in [0.2, 0.25) is 0 Å². The Morgan fingerprint density at radius 3 is 2.74 bits per heavy atom. The van der Waals surface area contributed by atoms with Crippen LogP contribution in [0.1, 0.15) is 23.6 Å². The number of allylic oxidation sites excluding steroid dienone is 1. The van der Waals surface area contributed by atoms with E-state index >= 15 is 0 Å². The van der Waals surface area contributed by atoms with E-state index in [1.807, 2.05) is 49.5 Å². The smallest absolute Gasteiger partial charge is 0.339 e. The molecule has 0 atom stereocenters. The predicted molar refractivity (Wildman–Crippen MR) is 91.9 cm³/mol. The number of hydrogen-bond acceptors (Lipinski definition) is 2. The van der Waals surface area contributed by atoms with Crippen LogP contribution in [0.3, 0.4) is 0 Å². The standard InChI is InChI=1S/C20H17NO2/c1-2-23-20(22)19-14-8-4-3-7-13(14)11-16(19)17-12-21-18-10-6-5-9-15(17)18/h3-10,12,21H,2,11H2,1H3. The van der Waals surface area contributed by atoms with Crippen LogP contribution in [-0.4, -0.2) is 17.6 Å². The molecule has 2 aromatic carbocycles. The number of para-hydroxylation sites is 1. The molecule has 3 heteroatoms. The van der Waals surface area contributed by atoms with Crippen LogP contribution in [0.2, 0.25) is 0 Å². The van der Waals surface area contributed by atoms with Crippen molar-refractivity contribution in [3.8, 4) is 0 Å². The lowest BCUT2D eigenvalue weighted by Gasteiger charge is -2.07. The first-order valence-corrected chi connectivity index (χ1v) is 7.84. The second-order valence-electron chi connectivity index (χ2n) is 5.66. The molecule has 1 heterocycles. The minimum atomic E-state index is -0.238. The molecule has 1 aliphatic carbocycles. The Morgan fingerprint density at radius 1 is 1.09 bits per heavy atom. The van der Waals surface area contributed by atoms with E-state index in [1.165, 1.54) is 5.56 Å². The number of aromatic amines is 1. The summed E-state index contributed by atoms with van der Waals surface area (Å²) in [5.41, 5.74) is 6.07. The number of nitrogens with one attached hydrogen (secondary N) is 1. The lowest BCUT2D eigenvalue weighted by molar-refractivity contribution is -0.136. The highest BCUT2D eigenvalue weighted by molar-refractivity contribution is 6.28. The van der Waals surface area contributed by atoms with Crippen molar-refractivity contribution in [3.05, 3.63) is 71.4 Å². The van der Waals surface area contributed by atoms with Gasteiger partial charge in [0.25, 0.3) is 0 Å². The van der Waals surface area contributed by atoms with Gasteiger partial charge in [-0.15, -0.1) is 0 Å². The van der Waals surface area contributed by atoms with Gasteiger partial charge in [0, 0.05) is 22.7 Å². The molecule has 0 saturated carbocycles. The van der Waals surface area contributed by atoms with Gasteiger partial charge < -0.3 is 9.72 Å². The van der Waals surface area contributed by atoms with Gasteiger partial charge in [-0.1, -0.05) is 42.5 Å². The van der Waals surface area contributed by atoms with Gasteiger partial charge in [0.15, 0.2) is 0 Å². The summed E-state index contributed by atoms with van der Waals surface area (Å²) in [5.74, 6) is -0.238. The van der Waals surface area contributed by atoms with Crippen molar-refractivity contribution in [1.82, 2.24) is 4.98 Å². The molecule has 0 unspecified atom stereocenters. The van der Waals surface area contributed by atoms with E-state index in [2.05, 4.69) is 17.1 Å².